The van der Waals surface area contributed by atoms with Gasteiger partial charge in [-0.05, 0) is 85.6 Å². The number of esters is 1. The Hall–Kier alpha value is -2.86. The number of rotatable bonds is 4. The summed E-state index contributed by atoms with van der Waals surface area (Å²) in [6, 6.07) is 19.4. The van der Waals surface area contributed by atoms with Gasteiger partial charge in [0.25, 0.3) is 0 Å². The van der Waals surface area contributed by atoms with Crippen molar-refractivity contribution in [2.24, 2.45) is 23.2 Å². The Balaban J connectivity index is 1.30. The molecule has 4 fully saturated rings. The van der Waals surface area contributed by atoms with Gasteiger partial charge < -0.3 is 4.74 Å². The Morgan fingerprint density at radius 2 is 1.52 bits per heavy atom. The second kappa shape index (κ2) is 7.19. The number of benzene rings is 2. The van der Waals surface area contributed by atoms with Crippen LogP contribution < -0.4 is 4.74 Å². The van der Waals surface area contributed by atoms with Crippen molar-refractivity contribution in [1.82, 2.24) is 0 Å². The van der Waals surface area contributed by atoms with E-state index in [1.807, 2.05) is 60.7 Å². The van der Waals surface area contributed by atoms with E-state index in [1.54, 1.807) is 0 Å². The number of nitrogens with zero attached hydrogens (tertiary/aromatic N) is 1. The third kappa shape index (κ3) is 3.49. The number of hydrogen-bond acceptors (Lipinski definition) is 3. The van der Waals surface area contributed by atoms with Crippen molar-refractivity contribution in [3.05, 3.63) is 65.7 Å². The van der Waals surface area contributed by atoms with Gasteiger partial charge in [-0.3, -0.25) is 4.79 Å². The molecule has 3 nitrogen and oxygen atoms in total. The smallest absolute Gasteiger partial charge is 0.317 e. The molecule has 6 rings (SSSR count). The first-order chi connectivity index (χ1) is 14.1. The lowest BCUT2D eigenvalue weighted by Crippen LogP contribution is -2.51. The van der Waals surface area contributed by atoms with E-state index in [2.05, 4.69) is 6.07 Å². The van der Waals surface area contributed by atoms with Gasteiger partial charge >= 0.3 is 5.97 Å². The molecule has 0 heterocycles. The lowest BCUT2D eigenvalue weighted by molar-refractivity contribution is -0.161. The minimum atomic E-state index is -0.241. The molecular formula is C26H25NO2. The van der Waals surface area contributed by atoms with Gasteiger partial charge in [0.1, 0.15) is 5.75 Å². The summed E-state index contributed by atoms with van der Waals surface area (Å²) in [5.41, 5.74) is 2.19. The van der Waals surface area contributed by atoms with E-state index < -0.39 is 0 Å². The van der Waals surface area contributed by atoms with Crippen molar-refractivity contribution >= 4 is 17.6 Å². The molecule has 2 aromatic carbocycles. The lowest BCUT2D eigenvalue weighted by atomic mass is 9.49. The highest BCUT2D eigenvalue weighted by Crippen LogP contribution is 2.60. The van der Waals surface area contributed by atoms with Crippen molar-refractivity contribution in [3.63, 3.8) is 0 Å². The highest BCUT2D eigenvalue weighted by atomic mass is 16.5. The lowest BCUT2D eigenvalue weighted by Gasteiger charge is -2.55. The Kier molecular flexibility index (Phi) is 4.51. The van der Waals surface area contributed by atoms with Gasteiger partial charge in [-0.25, -0.2) is 0 Å². The van der Waals surface area contributed by atoms with Crippen LogP contribution in [0.3, 0.4) is 0 Å². The number of allylic oxidation sites excluding steroid dienone is 1. The minimum Gasteiger partial charge on any atom is -0.426 e. The molecule has 0 amide bonds. The van der Waals surface area contributed by atoms with E-state index in [-0.39, 0.29) is 11.4 Å². The van der Waals surface area contributed by atoms with E-state index in [9.17, 15) is 10.1 Å². The monoisotopic (exact) mass is 383 g/mol. The molecule has 0 spiro atoms. The number of ether oxygens (including phenoxy) is 1. The molecule has 2 aromatic rings. The van der Waals surface area contributed by atoms with E-state index in [4.69, 9.17) is 4.74 Å². The Morgan fingerprint density at radius 3 is 2.07 bits per heavy atom. The Labute approximate surface area is 172 Å². The van der Waals surface area contributed by atoms with Crippen LogP contribution in [0.25, 0.3) is 11.6 Å². The maximum absolute atomic E-state index is 13.1. The molecule has 0 saturated heterocycles. The van der Waals surface area contributed by atoms with Crippen LogP contribution in [0.15, 0.2) is 54.6 Å². The number of carbonyl (C=O) groups is 1. The summed E-state index contributed by atoms with van der Waals surface area (Å²) in [5.74, 6) is 2.75. The van der Waals surface area contributed by atoms with Gasteiger partial charge in [0, 0.05) is 0 Å². The molecule has 4 bridgehead atoms. The SMILES string of the molecule is N#C/C(=C/c1ccc(OC(=O)C23CC4CC(CC(C4)C2)C3)cc1)c1ccccc1. The maximum Gasteiger partial charge on any atom is 0.317 e. The van der Waals surface area contributed by atoms with Crippen LogP contribution >= 0.6 is 0 Å². The second-order valence-electron chi connectivity index (χ2n) is 9.19. The molecule has 4 saturated carbocycles. The van der Waals surface area contributed by atoms with Crippen molar-refractivity contribution in [2.75, 3.05) is 0 Å². The zero-order valence-corrected chi connectivity index (χ0v) is 16.5. The van der Waals surface area contributed by atoms with Gasteiger partial charge in [-0.15, -0.1) is 0 Å². The molecule has 0 unspecified atom stereocenters. The summed E-state index contributed by atoms with van der Waals surface area (Å²) < 4.78 is 5.85. The average molecular weight is 383 g/mol. The van der Waals surface area contributed by atoms with Crippen molar-refractivity contribution in [1.29, 1.82) is 5.26 Å². The molecule has 0 aliphatic heterocycles. The topological polar surface area (TPSA) is 50.1 Å². The van der Waals surface area contributed by atoms with Gasteiger partial charge in [0.05, 0.1) is 17.1 Å². The highest BCUT2D eigenvalue weighted by Gasteiger charge is 2.55. The summed E-state index contributed by atoms with van der Waals surface area (Å²) in [6.07, 6.45) is 8.85. The van der Waals surface area contributed by atoms with Crippen LogP contribution in [0.1, 0.15) is 49.7 Å². The number of nitriles is 1. The van der Waals surface area contributed by atoms with E-state index in [0.29, 0.717) is 11.3 Å². The van der Waals surface area contributed by atoms with Crippen LogP contribution in [0, 0.1) is 34.5 Å². The standard InChI is InChI=1S/C26H25NO2/c27-17-23(22-4-2-1-3-5-22)13-18-6-8-24(9-7-18)29-25(28)26-14-19-10-20(15-26)12-21(11-19)16-26/h1-9,13,19-21H,10-12,14-16H2/b23-13-. The predicted molar refractivity (Wildman–Crippen MR) is 113 cm³/mol. The quantitative estimate of drug-likeness (QED) is 0.287. The molecule has 0 atom stereocenters. The first-order valence-corrected chi connectivity index (χ1v) is 10.6. The molecule has 0 radical (unpaired) electrons. The molecule has 3 heteroatoms. The van der Waals surface area contributed by atoms with Crippen LogP contribution in [-0.4, -0.2) is 5.97 Å². The third-order valence-electron chi connectivity index (χ3n) is 7.08. The molecule has 4 aliphatic rings. The summed E-state index contributed by atoms with van der Waals surface area (Å²) in [4.78, 5) is 13.1. The maximum atomic E-state index is 13.1. The zero-order chi connectivity index (χ0) is 19.8. The summed E-state index contributed by atoms with van der Waals surface area (Å²) in [7, 11) is 0. The largest absolute Gasteiger partial charge is 0.426 e. The molecule has 4 aliphatic carbocycles. The fourth-order valence-corrected chi connectivity index (χ4v) is 6.17. The fourth-order valence-electron chi connectivity index (χ4n) is 6.17. The molecule has 0 N–H and O–H groups in total. The van der Waals surface area contributed by atoms with Crippen LogP contribution in [-0.2, 0) is 4.79 Å². The zero-order valence-electron chi connectivity index (χ0n) is 16.5. The van der Waals surface area contributed by atoms with Gasteiger partial charge in [-0.2, -0.15) is 5.26 Å². The summed E-state index contributed by atoms with van der Waals surface area (Å²) in [5, 5.41) is 9.48. The van der Waals surface area contributed by atoms with Crippen molar-refractivity contribution in [3.8, 4) is 11.8 Å². The van der Waals surface area contributed by atoms with E-state index in [1.165, 1.54) is 19.3 Å². The molecule has 0 aromatic heterocycles. The second-order valence-corrected chi connectivity index (χ2v) is 9.19. The van der Waals surface area contributed by atoms with Crippen molar-refractivity contribution in [2.45, 2.75) is 38.5 Å². The molecule has 146 valence electrons. The van der Waals surface area contributed by atoms with E-state index in [0.717, 1.165) is 48.1 Å². The predicted octanol–water partition coefficient (Wildman–Crippen LogP) is 5.87. The summed E-state index contributed by atoms with van der Waals surface area (Å²) in [6.45, 7) is 0. The first-order valence-electron chi connectivity index (χ1n) is 10.6. The Morgan fingerprint density at radius 1 is 0.931 bits per heavy atom. The number of hydrogen-bond donors (Lipinski definition) is 0. The van der Waals surface area contributed by atoms with Gasteiger partial charge in [0.15, 0.2) is 0 Å². The molecule has 29 heavy (non-hydrogen) atoms. The normalized spacial score (nSPS) is 30.0. The number of carbonyl (C=O) groups excluding carboxylic acids is 1. The third-order valence-corrected chi connectivity index (χ3v) is 7.08. The molecular weight excluding hydrogens is 358 g/mol. The van der Waals surface area contributed by atoms with Crippen molar-refractivity contribution < 1.29 is 9.53 Å². The summed E-state index contributed by atoms with van der Waals surface area (Å²) >= 11 is 0. The van der Waals surface area contributed by atoms with Crippen LogP contribution in [0.2, 0.25) is 0 Å². The minimum absolute atomic E-state index is 0.0260. The fraction of sp³-hybridized carbons (Fsp3) is 0.385. The van der Waals surface area contributed by atoms with Crippen LogP contribution in [0.4, 0.5) is 0 Å². The first kappa shape index (κ1) is 18.2. The van der Waals surface area contributed by atoms with Gasteiger partial charge in [0.2, 0.25) is 0 Å². The highest BCUT2D eigenvalue weighted by molar-refractivity contribution is 5.89. The van der Waals surface area contributed by atoms with Crippen LogP contribution in [0.5, 0.6) is 5.75 Å². The Bertz CT molecular complexity index is 946. The average Bonchev–Trinajstić information content (AvgIpc) is 2.73. The van der Waals surface area contributed by atoms with E-state index >= 15 is 0 Å². The van der Waals surface area contributed by atoms with Gasteiger partial charge in [-0.1, -0.05) is 42.5 Å².